The molecule has 6 rings (SSSR count). The minimum Gasteiger partial charge on any atom is -0.386 e. The molecular formula is C29H37FN8O3. The van der Waals surface area contributed by atoms with Crippen molar-refractivity contribution in [2.75, 3.05) is 5.32 Å². The third kappa shape index (κ3) is 5.49. The van der Waals surface area contributed by atoms with Gasteiger partial charge in [-0.3, -0.25) is 9.51 Å². The topological polar surface area (TPSA) is 148 Å². The van der Waals surface area contributed by atoms with E-state index in [0.29, 0.717) is 47.3 Å². The predicted molar refractivity (Wildman–Crippen MR) is 151 cm³/mol. The molecule has 0 bridgehead atoms. The second-order valence-corrected chi connectivity index (χ2v) is 12.4. The van der Waals surface area contributed by atoms with Crippen LogP contribution in [0.2, 0.25) is 0 Å². The highest BCUT2D eigenvalue weighted by molar-refractivity contribution is 5.88. The summed E-state index contributed by atoms with van der Waals surface area (Å²) in [5, 5.41) is 18.1. The highest BCUT2D eigenvalue weighted by Crippen LogP contribution is 2.37. The van der Waals surface area contributed by atoms with E-state index in [4.69, 9.17) is 14.5 Å². The average molecular weight is 565 g/mol. The summed E-state index contributed by atoms with van der Waals surface area (Å²) in [6, 6.07) is 1.71. The minimum absolute atomic E-state index is 0.109. The normalized spacial score (nSPS) is 20.7. The lowest BCUT2D eigenvalue weighted by atomic mass is 9.80. The highest BCUT2D eigenvalue weighted by Gasteiger charge is 2.30. The van der Waals surface area contributed by atoms with E-state index in [1.165, 1.54) is 6.42 Å². The van der Waals surface area contributed by atoms with Gasteiger partial charge in [-0.1, -0.05) is 31.3 Å². The van der Waals surface area contributed by atoms with Gasteiger partial charge in [0.2, 0.25) is 11.6 Å². The van der Waals surface area contributed by atoms with Crippen LogP contribution in [-0.2, 0) is 12.1 Å². The van der Waals surface area contributed by atoms with Crippen LogP contribution < -0.4 is 11.1 Å². The first kappa shape index (κ1) is 27.5. The van der Waals surface area contributed by atoms with E-state index in [1.54, 1.807) is 19.9 Å². The Balaban J connectivity index is 1.54. The third-order valence-electron chi connectivity index (χ3n) is 8.80. The van der Waals surface area contributed by atoms with E-state index in [1.807, 2.05) is 0 Å². The molecule has 218 valence electrons. The number of anilines is 1. The summed E-state index contributed by atoms with van der Waals surface area (Å²) >= 11 is 0. The van der Waals surface area contributed by atoms with Crippen molar-refractivity contribution in [1.82, 2.24) is 34.6 Å². The lowest BCUT2D eigenvalue weighted by Crippen LogP contribution is -2.31. The maximum atomic E-state index is 14.7. The van der Waals surface area contributed by atoms with E-state index in [9.17, 15) is 14.3 Å². The Morgan fingerprint density at radius 3 is 2.59 bits per heavy atom. The van der Waals surface area contributed by atoms with Gasteiger partial charge < -0.3 is 15.0 Å². The molecule has 2 saturated carbocycles. The SMILES string of the molecule is C[C@@H](Nc1nc(-c2noc(=O)[nH]2)nc2nc(-c3cc(C(C)(C)O)c(F)cn3)n(C[C@H]3CC[C@H](C)CC3)c12)C1CCC1. The number of hydrogen-bond acceptors (Lipinski definition) is 9. The Labute approximate surface area is 237 Å². The second kappa shape index (κ2) is 10.6. The van der Waals surface area contributed by atoms with Gasteiger partial charge in [-0.2, -0.15) is 0 Å². The van der Waals surface area contributed by atoms with Gasteiger partial charge >= 0.3 is 5.76 Å². The third-order valence-corrected chi connectivity index (χ3v) is 8.80. The lowest BCUT2D eigenvalue weighted by molar-refractivity contribution is 0.0744. The molecule has 4 heterocycles. The Morgan fingerprint density at radius 1 is 1.20 bits per heavy atom. The number of nitrogens with zero attached hydrogens (tertiary/aromatic N) is 6. The van der Waals surface area contributed by atoms with Crippen molar-refractivity contribution in [2.45, 2.75) is 90.8 Å². The highest BCUT2D eigenvalue weighted by atomic mass is 19.1. The van der Waals surface area contributed by atoms with Crippen LogP contribution in [0.5, 0.6) is 0 Å². The summed E-state index contributed by atoms with van der Waals surface area (Å²) in [7, 11) is 0. The van der Waals surface area contributed by atoms with Gasteiger partial charge in [0.25, 0.3) is 0 Å². The van der Waals surface area contributed by atoms with Crippen LogP contribution in [0.4, 0.5) is 10.2 Å². The number of rotatable bonds is 8. The molecule has 2 aliphatic rings. The fourth-order valence-corrected chi connectivity index (χ4v) is 6.02. The summed E-state index contributed by atoms with van der Waals surface area (Å²) in [5.41, 5.74) is 0.277. The van der Waals surface area contributed by atoms with Gasteiger partial charge in [-0.15, -0.1) is 0 Å². The maximum absolute atomic E-state index is 14.7. The minimum atomic E-state index is -1.41. The monoisotopic (exact) mass is 564 g/mol. The van der Waals surface area contributed by atoms with E-state index >= 15 is 0 Å². The Bertz CT molecular complexity index is 1610. The summed E-state index contributed by atoms with van der Waals surface area (Å²) in [4.78, 5) is 33.1. The number of pyridine rings is 1. The Morgan fingerprint density at radius 2 is 1.95 bits per heavy atom. The van der Waals surface area contributed by atoms with Crippen LogP contribution >= 0.6 is 0 Å². The fraction of sp³-hybridized carbons (Fsp3) is 0.586. The molecular weight excluding hydrogens is 527 g/mol. The molecule has 4 aromatic rings. The average Bonchev–Trinajstić information content (AvgIpc) is 3.47. The van der Waals surface area contributed by atoms with Crippen LogP contribution in [0.1, 0.15) is 78.2 Å². The zero-order valence-corrected chi connectivity index (χ0v) is 23.9. The van der Waals surface area contributed by atoms with Gasteiger partial charge in [-0.25, -0.2) is 29.1 Å². The lowest BCUT2D eigenvalue weighted by Gasteiger charge is -2.32. The molecule has 4 aromatic heterocycles. The van der Waals surface area contributed by atoms with Crippen molar-refractivity contribution in [2.24, 2.45) is 17.8 Å². The van der Waals surface area contributed by atoms with Crippen LogP contribution in [0.15, 0.2) is 21.6 Å². The zero-order chi connectivity index (χ0) is 28.9. The number of fused-ring (bicyclic) bond motifs is 1. The van der Waals surface area contributed by atoms with Crippen molar-refractivity contribution in [1.29, 1.82) is 0 Å². The molecule has 12 heteroatoms. The summed E-state index contributed by atoms with van der Waals surface area (Å²) in [5.74, 6) is 1.75. The van der Waals surface area contributed by atoms with Crippen molar-refractivity contribution in [3.05, 3.63) is 34.2 Å². The maximum Gasteiger partial charge on any atom is 0.439 e. The largest absolute Gasteiger partial charge is 0.439 e. The summed E-state index contributed by atoms with van der Waals surface area (Å²) in [6.07, 6.45) is 9.14. The molecule has 0 saturated heterocycles. The summed E-state index contributed by atoms with van der Waals surface area (Å²) < 4.78 is 21.6. The van der Waals surface area contributed by atoms with Gasteiger partial charge in [0, 0.05) is 18.2 Å². The first-order chi connectivity index (χ1) is 19.6. The molecule has 2 aliphatic carbocycles. The van der Waals surface area contributed by atoms with Crippen molar-refractivity contribution in [3.63, 3.8) is 0 Å². The number of aliphatic hydroxyl groups is 1. The number of halogens is 1. The van der Waals surface area contributed by atoms with Gasteiger partial charge in [-0.05, 0) is 70.3 Å². The number of aromatic nitrogens is 7. The van der Waals surface area contributed by atoms with E-state index < -0.39 is 17.2 Å². The van der Waals surface area contributed by atoms with Crippen molar-refractivity contribution < 1.29 is 14.0 Å². The quantitative estimate of drug-likeness (QED) is 0.268. The predicted octanol–water partition coefficient (Wildman–Crippen LogP) is 5.02. The van der Waals surface area contributed by atoms with Crippen LogP contribution in [0.3, 0.4) is 0 Å². The molecule has 0 aromatic carbocycles. The van der Waals surface area contributed by atoms with E-state index in [-0.39, 0.29) is 23.3 Å². The Kier molecular flexibility index (Phi) is 7.13. The first-order valence-electron chi connectivity index (χ1n) is 14.6. The first-order valence-corrected chi connectivity index (χ1v) is 14.6. The molecule has 41 heavy (non-hydrogen) atoms. The summed E-state index contributed by atoms with van der Waals surface area (Å²) in [6.45, 7) is 8.20. The van der Waals surface area contributed by atoms with Gasteiger partial charge in [0.05, 0.1) is 11.8 Å². The van der Waals surface area contributed by atoms with Crippen molar-refractivity contribution >= 4 is 17.0 Å². The fourth-order valence-electron chi connectivity index (χ4n) is 6.02. The smallest absolute Gasteiger partial charge is 0.386 e. The Hall–Kier alpha value is -3.67. The molecule has 11 nitrogen and oxygen atoms in total. The molecule has 3 N–H and O–H groups in total. The van der Waals surface area contributed by atoms with E-state index in [2.05, 4.69) is 43.8 Å². The van der Waals surface area contributed by atoms with Crippen LogP contribution in [0, 0.1) is 23.6 Å². The van der Waals surface area contributed by atoms with Gasteiger partial charge in [0.1, 0.15) is 17.0 Å². The molecule has 1 atom stereocenters. The van der Waals surface area contributed by atoms with E-state index in [0.717, 1.165) is 50.2 Å². The van der Waals surface area contributed by atoms with Gasteiger partial charge in [0.15, 0.2) is 17.3 Å². The molecule has 0 unspecified atom stereocenters. The number of nitrogens with one attached hydrogen (secondary N) is 2. The second-order valence-electron chi connectivity index (χ2n) is 12.4. The molecule has 0 radical (unpaired) electrons. The molecule has 0 spiro atoms. The standard InChI is InChI=1S/C29H37FN8O3/c1-15-8-10-17(11-9-15)14-38-22-23(32-16(2)18-6-5-7-18)33-25(26-36-28(39)41-37-26)34-24(22)35-27(38)21-12-19(29(3,4)40)20(30)13-31-21/h12-13,15-18,40H,5-11,14H2,1-4H3,(H,32,33,34)(H,36,37,39)/t15-,16-,17-/m1/s1. The molecule has 0 aliphatic heterocycles. The zero-order valence-electron chi connectivity index (χ0n) is 23.9. The number of imidazole rings is 1. The van der Waals surface area contributed by atoms with Crippen molar-refractivity contribution in [3.8, 4) is 23.2 Å². The number of aromatic amines is 1. The number of hydrogen-bond donors (Lipinski definition) is 3. The van der Waals surface area contributed by atoms with Crippen LogP contribution in [0.25, 0.3) is 34.3 Å². The molecule has 0 amide bonds. The number of H-pyrrole nitrogens is 1. The van der Waals surface area contributed by atoms with Crippen LogP contribution in [-0.4, -0.2) is 45.8 Å². The molecule has 2 fully saturated rings.